The van der Waals surface area contributed by atoms with E-state index in [4.69, 9.17) is 18.0 Å². The molecule has 1 aromatic carbocycles. The van der Waals surface area contributed by atoms with Crippen LogP contribution >= 0.6 is 11.6 Å². The molecule has 4 nitrogen and oxygen atoms in total. The van der Waals surface area contributed by atoms with Crippen LogP contribution in [0.5, 0.6) is 0 Å². The predicted octanol–water partition coefficient (Wildman–Crippen LogP) is 1.63. The Morgan fingerprint density at radius 3 is 2.73 bits per heavy atom. The van der Waals surface area contributed by atoms with E-state index >= 15 is 0 Å². The molecule has 0 atom stereocenters. The number of aromatic nitrogens is 4. The summed E-state index contributed by atoms with van der Waals surface area (Å²) in [4.78, 5) is 0. The largest absolute Gasteiger partial charge is 0.213 e. The minimum atomic E-state index is 0.352. The maximum absolute atomic E-state index is 5.78. The summed E-state index contributed by atoms with van der Waals surface area (Å²) >= 11 is 5.78. The molecule has 0 N–H and O–H groups in total. The Kier molecular flexibility index (Phi) is 2.66. The maximum Gasteiger partial charge on any atom is 0.182 e. The van der Waals surface area contributed by atoms with Gasteiger partial charge in [-0.05, 0) is 34.7 Å². The summed E-state index contributed by atoms with van der Waals surface area (Å²) in [5, 5.41) is 11.9. The lowest BCUT2D eigenvalue weighted by molar-refractivity contribution is 0.675. The van der Waals surface area contributed by atoms with Crippen LogP contribution in [0.1, 0.15) is 0 Å². The molecular weight excluding hydrogens is 212 g/mol. The minimum Gasteiger partial charge on any atom is -0.213 e. The van der Waals surface area contributed by atoms with E-state index < -0.39 is 0 Å². The Morgan fingerprint density at radius 2 is 2.07 bits per heavy atom. The molecule has 0 spiro atoms. The van der Waals surface area contributed by atoms with Gasteiger partial charge >= 0.3 is 0 Å². The summed E-state index contributed by atoms with van der Waals surface area (Å²) in [6, 6.07) is 7.26. The Morgan fingerprint density at radius 1 is 1.33 bits per heavy atom. The lowest BCUT2D eigenvalue weighted by Crippen LogP contribution is -2.00. The van der Waals surface area contributed by atoms with Gasteiger partial charge in [0.1, 0.15) is 6.54 Å². The van der Waals surface area contributed by atoms with Crippen LogP contribution in [-0.2, 0) is 6.54 Å². The fourth-order valence-corrected chi connectivity index (χ4v) is 1.33. The fraction of sp³-hybridized carbons (Fsp3) is 0.100. The first-order valence-corrected chi connectivity index (χ1v) is 4.64. The number of hydrogen-bond donors (Lipinski definition) is 0. The smallest absolute Gasteiger partial charge is 0.182 e. The number of tetrazole rings is 1. The first kappa shape index (κ1) is 9.69. The molecule has 0 aliphatic carbocycles. The zero-order valence-corrected chi connectivity index (χ0v) is 8.52. The van der Waals surface area contributed by atoms with Gasteiger partial charge in [0.05, 0.1) is 0 Å². The average molecular weight is 219 g/mol. The van der Waals surface area contributed by atoms with Crippen molar-refractivity contribution < 1.29 is 0 Å². The standard InChI is InChI=1S/C10H7ClN4/c1-2-7-15-10(12-13-14-15)8-3-5-9(11)6-4-8/h1,3-6H,7H2. The molecule has 0 amide bonds. The van der Waals surface area contributed by atoms with Crippen molar-refractivity contribution in [3.8, 4) is 23.7 Å². The van der Waals surface area contributed by atoms with Crippen LogP contribution in [0.2, 0.25) is 5.02 Å². The first-order chi connectivity index (χ1) is 7.31. The molecule has 0 fully saturated rings. The van der Waals surface area contributed by atoms with Gasteiger partial charge in [0.15, 0.2) is 5.82 Å². The molecule has 2 aromatic rings. The van der Waals surface area contributed by atoms with E-state index in [0.29, 0.717) is 17.4 Å². The van der Waals surface area contributed by atoms with Crippen LogP contribution in [0.25, 0.3) is 11.4 Å². The molecule has 0 aliphatic heterocycles. The third-order valence-corrected chi connectivity index (χ3v) is 2.13. The summed E-state index contributed by atoms with van der Waals surface area (Å²) in [5.74, 6) is 3.13. The van der Waals surface area contributed by atoms with Crippen molar-refractivity contribution >= 4 is 11.6 Å². The van der Waals surface area contributed by atoms with E-state index in [1.54, 1.807) is 16.8 Å². The van der Waals surface area contributed by atoms with Gasteiger partial charge in [0.25, 0.3) is 0 Å². The van der Waals surface area contributed by atoms with Crippen molar-refractivity contribution in [2.24, 2.45) is 0 Å². The van der Waals surface area contributed by atoms with E-state index in [-0.39, 0.29) is 0 Å². The van der Waals surface area contributed by atoms with Crippen molar-refractivity contribution in [3.05, 3.63) is 29.3 Å². The quantitative estimate of drug-likeness (QED) is 0.720. The molecule has 0 saturated carbocycles. The summed E-state index contributed by atoms with van der Waals surface area (Å²) in [5.41, 5.74) is 0.889. The zero-order valence-electron chi connectivity index (χ0n) is 7.76. The highest BCUT2D eigenvalue weighted by Crippen LogP contribution is 2.18. The topological polar surface area (TPSA) is 43.6 Å². The molecule has 0 unspecified atom stereocenters. The highest BCUT2D eigenvalue weighted by molar-refractivity contribution is 6.30. The van der Waals surface area contributed by atoms with E-state index in [1.165, 1.54) is 0 Å². The van der Waals surface area contributed by atoms with Crippen molar-refractivity contribution in [2.75, 3.05) is 0 Å². The molecule has 1 heterocycles. The van der Waals surface area contributed by atoms with E-state index in [9.17, 15) is 0 Å². The molecule has 5 heteroatoms. The van der Waals surface area contributed by atoms with Gasteiger partial charge in [-0.2, -0.15) is 0 Å². The first-order valence-electron chi connectivity index (χ1n) is 4.27. The molecule has 74 valence electrons. The second-order valence-corrected chi connectivity index (χ2v) is 3.31. The van der Waals surface area contributed by atoms with Crippen molar-refractivity contribution in [1.82, 2.24) is 20.2 Å². The van der Waals surface area contributed by atoms with Gasteiger partial charge in [-0.1, -0.05) is 17.5 Å². The summed E-state index contributed by atoms with van der Waals surface area (Å²) in [6.45, 7) is 0.352. The second-order valence-electron chi connectivity index (χ2n) is 2.87. The van der Waals surface area contributed by atoms with Crippen LogP contribution in [0.3, 0.4) is 0 Å². The minimum absolute atomic E-state index is 0.352. The van der Waals surface area contributed by atoms with Crippen LogP contribution in [0.15, 0.2) is 24.3 Å². The number of rotatable bonds is 2. The number of benzene rings is 1. The van der Waals surface area contributed by atoms with Gasteiger partial charge in [-0.15, -0.1) is 11.5 Å². The summed E-state index contributed by atoms with van der Waals surface area (Å²) in [6.07, 6.45) is 5.20. The lowest BCUT2D eigenvalue weighted by Gasteiger charge is -2.00. The number of halogens is 1. The molecule has 1 aromatic heterocycles. The normalized spacial score (nSPS) is 9.87. The Bertz CT molecular complexity index is 495. The highest BCUT2D eigenvalue weighted by Gasteiger charge is 2.06. The van der Waals surface area contributed by atoms with Crippen molar-refractivity contribution in [3.63, 3.8) is 0 Å². The van der Waals surface area contributed by atoms with Gasteiger partial charge < -0.3 is 0 Å². The second kappa shape index (κ2) is 4.11. The number of terminal acetylenes is 1. The molecular formula is C10H7ClN4. The monoisotopic (exact) mass is 218 g/mol. The Hall–Kier alpha value is -1.86. The van der Waals surface area contributed by atoms with Gasteiger partial charge in [0, 0.05) is 10.6 Å². The third kappa shape index (κ3) is 1.97. The van der Waals surface area contributed by atoms with E-state index in [0.717, 1.165) is 5.56 Å². The Labute approximate surface area is 91.9 Å². The highest BCUT2D eigenvalue weighted by atomic mass is 35.5. The Balaban J connectivity index is 2.41. The number of hydrogen-bond acceptors (Lipinski definition) is 3. The van der Waals surface area contributed by atoms with Crippen LogP contribution < -0.4 is 0 Å². The van der Waals surface area contributed by atoms with E-state index in [1.807, 2.05) is 12.1 Å². The predicted molar refractivity (Wildman–Crippen MR) is 57.1 cm³/mol. The van der Waals surface area contributed by atoms with Crippen LogP contribution in [0.4, 0.5) is 0 Å². The number of nitrogens with zero attached hydrogens (tertiary/aromatic N) is 4. The molecule has 0 radical (unpaired) electrons. The molecule has 0 bridgehead atoms. The van der Waals surface area contributed by atoms with Gasteiger partial charge in [-0.25, -0.2) is 4.68 Å². The molecule has 0 aliphatic rings. The van der Waals surface area contributed by atoms with Gasteiger partial charge in [-0.3, -0.25) is 0 Å². The summed E-state index contributed by atoms with van der Waals surface area (Å²) in [7, 11) is 0. The van der Waals surface area contributed by atoms with Gasteiger partial charge in [0.2, 0.25) is 0 Å². The fourth-order valence-electron chi connectivity index (χ4n) is 1.20. The summed E-state index contributed by atoms with van der Waals surface area (Å²) < 4.78 is 1.56. The molecule has 15 heavy (non-hydrogen) atoms. The average Bonchev–Trinajstić information content (AvgIpc) is 2.68. The zero-order chi connectivity index (χ0) is 10.7. The molecule has 0 saturated heterocycles. The SMILES string of the molecule is C#CCn1nnnc1-c1ccc(Cl)cc1. The van der Waals surface area contributed by atoms with Crippen LogP contribution in [-0.4, -0.2) is 20.2 Å². The third-order valence-electron chi connectivity index (χ3n) is 1.88. The maximum atomic E-state index is 5.78. The lowest BCUT2D eigenvalue weighted by atomic mass is 10.2. The van der Waals surface area contributed by atoms with E-state index in [2.05, 4.69) is 21.4 Å². The van der Waals surface area contributed by atoms with Crippen molar-refractivity contribution in [1.29, 1.82) is 0 Å². The molecule has 2 rings (SSSR count). The van der Waals surface area contributed by atoms with Crippen molar-refractivity contribution in [2.45, 2.75) is 6.54 Å². The van der Waals surface area contributed by atoms with Crippen LogP contribution in [0, 0.1) is 12.3 Å².